The number of hydrogen-bond acceptors (Lipinski definition) is 2. The predicted octanol–water partition coefficient (Wildman–Crippen LogP) is 2.95. The van der Waals surface area contributed by atoms with Crippen LogP contribution in [0, 0.1) is 5.82 Å². The Morgan fingerprint density at radius 3 is 2.60 bits per heavy atom. The van der Waals surface area contributed by atoms with Crippen molar-refractivity contribution < 1.29 is 9.18 Å². The Morgan fingerprint density at radius 2 is 2.05 bits per heavy atom. The quantitative estimate of drug-likeness (QED) is 0.890. The Hall–Kier alpha value is -1.62. The fourth-order valence-corrected chi connectivity index (χ4v) is 3.06. The molecule has 1 aliphatic carbocycles. The van der Waals surface area contributed by atoms with Crippen LogP contribution in [0.3, 0.4) is 0 Å². The van der Waals surface area contributed by atoms with Crippen molar-refractivity contribution in [2.45, 2.75) is 38.1 Å². The lowest BCUT2D eigenvalue weighted by atomic mass is 9.95. The average Bonchev–Trinajstić information content (AvgIpc) is 2.92. The molecule has 0 atom stereocenters. The molecule has 1 aromatic rings. The maximum absolute atomic E-state index is 13.6. The molecule has 110 valence electrons. The topological polar surface area (TPSA) is 58.4 Å². The second kappa shape index (κ2) is 6.22. The van der Waals surface area contributed by atoms with Crippen molar-refractivity contribution in [2.75, 3.05) is 18.4 Å². The van der Waals surface area contributed by atoms with Crippen LogP contribution in [-0.2, 0) is 0 Å². The van der Waals surface area contributed by atoms with E-state index in [2.05, 4.69) is 5.32 Å². The fourth-order valence-electron chi connectivity index (χ4n) is 3.06. The minimum absolute atomic E-state index is 0.209. The summed E-state index contributed by atoms with van der Waals surface area (Å²) in [5.41, 5.74) is 5.85. The zero-order valence-corrected chi connectivity index (χ0v) is 11.9. The number of para-hydroxylation sites is 1. The van der Waals surface area contributed by atoms with Gasteiger partial charge in [0.1, 0.15) is 5.82 Å². The zero-order valence-electron chi connectivity index (χ0n) is 11.9. The summed E-state index contributed by atoms with van der Waals surface area (Å²) >= 11 is 0. The number of rotatable bonds is 4. The van der Waals surface area contributed by atoms with E-state index in [-0.39, 0.29) is 17.3 Å². The van der Waals surface area contributed by atoms with Gasteiger partial charge in [-0.15, -0.1) is 0 Å². The molecule has 0 saturated heterocycles. The van der Waals surface area contributed by atoms with Crippen molar-refractivity contribution >= 4 is 11.7 Å². The van der Waals surface area contributed by atoms with Gasteiger partial charge in [0.15, 0.2) is 0 Å². The van der Waals surface area contributed by atoms with Gasteiger partial charge in [0.25, 0.3) is 0 Å². The molecule has 1 aliphatic rings. The highest BCUT2D eigenvalue weighted by atomic mass is 19.1. The molecule has 1 saturated carbocycles. The summed E-state index contributed by atoms with van der Waals surface area (Å²) in [5, 5.41) is 2.65. The number of nitrogens with two attached hydrogens (primary N) is 1. The number of halogens is 1. The first kappa shape index (κ1) is 14.8. The van der Waals surface area contributed by atoms with Crippen molar-refractivity contribution in [1.82, 2.24) is 4.90 Å². The molecule has 5 heteroatoms. The number of benzene rings is 1. The second-order valence-electron chi connectivity index (χ2n) is 5.29. The summed E-state index contributed by atoms with van der Waals surface area (Å²) in [5.74, 6) is -0.426. The summed E-state index contributed by atoms with van der Waals surface area (Å²) in [7, 11) is 0. The van der Waals surface area contributed by atoms with Crippen molar-refractivity contribution in [1.29, 1.82) is 0 Å². The van der Waals surface area contributed by atoms with Crippen LogP contribution >= 0.6 is 0 Å². The van der Waals surface area contributed by atoms with E-state index in [9.17, 15) is 9.18 Å². The van der Waals surface area contributed by atoms with Crippen molar-refractivity contribution in [3.05, 3.63) is 30.1 Å². The Bertz CT molecular complexity index is 472. The number of carbonyl (C=O) groups excluding carboxylic acids is 1. The summed E-state index contributed by atoms with van der Waals surface area (Å²) in [4.78, 5) is 14.2. The third-order valence-electron chi connectivity index (χ3n) is 4.16. The molecule has 1 fully saturated rings. The Morgan fingerprint density at radius 1 is 1.40 bits per heavy atom. The highest BCUT2D eigenvalue weighted by Gasteiger charge is 2.40. The molecule has 0 unspecified atom stereocenters. The van der Waals surface area contributed by atoms with E-state index in [1.165, 1.54) is 6.07 Å². The van der Waals surface area contributed by atoms with Crippen molar-refractivity contribution in [2.24, 2.45) is 5.73 Å². The molecule has 0 bridgehead atoms. The fraction of sp³-hybridized carbons (Fsp3) is 0.533. The number of anilines is 1. The Balaban J connectivity index is 2.15. The maximum Gasteiger partial charge on any atom is 0.322 e. The third kappa shape index (κ3) is 2.77. The Labute approximate surface area is 119 Å². The Kier molecular flexibility index (Phi) is 4.60. The number of amides is 2. The van der Waals surface area contributed by atoms with E-state index in [0.29, 0.717) is 13.1 Å². The molecule has 0 spiro atoms. The number of nitrogens with zero attached hydrogens (tertiary/aromatic N) is 1. The molecule has 0 heterocycles. The molecule has 1 aromatic carbocycles. The highest BCUT2D eigenvalue weighted by Crippen LogP contribution is 2.34. The van der Waals surface area contributed by atoms with Crippen LogP contribution in [0.5, 0.6) is 0 Å². The van der Waals surface area contributed by atoms with Crippen LogP contribution in [-0.4, -0.2) is 29.6 Å². The summed E-state index contributed by atoms with van der Waals surface area (Å²) in [6, 6.07) is 5.92. The molecule has 0 aromatic heterocycles. The van der Waals surface area contributed by atoms with Gasteiger partial charge in [-0.05, 0) is 31.9 Å². The maximum atomic E-state index is 13.6. The zero-order chi connectivity index (χ0) is 14.6. The standard InChI is InChI=1S/C15H22FN3O/c1-2-19(15(11-17)9-5-6-10-15)14(20)18-13-8-4-3-7-12(13)16/h3-4,7-8H,2,5-6,9-11,17H2,1H3,(H,18,20). The van der Waals surface area contributed by atoms with Crippen LogP contribution in [0.1, 0.15) is 32.6 Å². The van der Waals surface area contributed by atoms with Crippen LogP contribution in [0.15, 0.2) is 24.3 Å². The van der Waals surface area contributed by atoms with Gasteiger partial charge in [0.2, 0.25) is 0 Å². The van der Waals surface area contributed by atoms with E-state index in [4.69, 9.17) is 5.73 Å². The molecule has 3 N–H and O–H groups in total. The predicted molar refractivity (Wildman–Crippen MR) is 78.1 cm³/mol. The largest absolute Gasteiger partial charge is 0.328 e. The third-order valence-corrected chi connectivity index (χ3v) is 4.16. The van der Waals surface area contributed by atoms with Gasteiger partial charge < -0.3 is 16.0 Å². The molecular formula is C15H22FN3O. The van der Waals surface area contributed by atoms with Gasteiger partial charge in [-0.2, -0.15) is 0 Å². The van der Waals surface area contributed by atoms with Gasteiger partial charge in [0.05, 0.1) is 11.2 Å². The first-order valence-electron chi connectivity index (χ1n) is 7.16. The number of carbonyl (C=O) groups is 1. The van der Waals surface area contributed by atoms with Gasteiger partial charge in [-0.25, -0.2) is 9.18 Å². The van der Waals surface area contributed by atoms with Crippen LogP contribution < -0.4 is 11.1 Å². The van der Waals surface area contributed by atoms with Gasteiger partial charge in [-0.1, -0.05) is 25.0 Å². The van der Waals surface area contributed by atoms with E-state index >= 15 is 0 Å². The molecule has 0 radical (unpaired) electrons. The van der Waals surface area contributed by atoms with E-state index in [0.717, 1.165) is 25.7 Å². The number of urea groups is 1. The lowest BCUT2D eigenvalue weighted by Crippen LogP contribution is -2.55. The molecule has 20 heavy (non-hydrogen) atoms. The molecule has 2 amide bonds. The summed E-state index contributed by atoms with van der Waals surface area (Å²) in [6.45, 7) is 2.94. The van der Waals surface area contributed by atoms with E-state index in [1.807, 2.05) is 6.92 Å². The minimum Gasteiger partial charge on any atom is -0.328 e. The molecule has 0 aliphatic heterocycles. The highest BCUT2D eigenvalue weighted by molar-refractivity contribution is 5.90. The first-order valence-corrected chi connectivity index (χ1v) is 7.16. The van der Waals surface area contributed by atoms with E-state index in [1.54, 1.807) is 23.1 Å². The van der Waals surface area contributed by atoms with Gasteiger partial charge in [0, 0.05) is 13.1 Å². The smallest absolute Gasteiger partial charge is 0.322 e. The first-order chi connectivity index (χ1) is 9.63. The number of nitrogens with one attached hydrogen (secondary N) is 1. The lowest BCUT2D eigenvalue weighted by Gasteiger charge is -2.40. The normalized spacial score (nSPS) is 16.9. The van der Waals surface area contributed by atoms with Crippen LogP contribution in [0.4, 0.5) is 14.9 Å². The average molecular weight is 279 g/mol. The minimum atomic E-state index is -0.426. The van der Waals surface area contributed by atoms with Gasteiger partial charge >= 0.3 is 6.03 Å². The van der Waals surface area contributed by atoms with Crippen molar-refractivity contribution in [3.8, 4) is 0 Å². The van der Waals surface area contributed by atoms with Crippen LogP contribution in [0.2, 0.25) is 0 Å². The van der Waals surface area contributed by atoms with E-state index < -0.39 is 5.82 Å². The summed E-state index contributed by atoms with van der Waals surface area (Å²) in [6.07, 6.45) is 4.01. The van der Waals surface area contributed by atoms with Gasteiger partial charge in [-0.3, -0.25) is 0 Å². The monoisotopic (exact) mass is 279 g/mol. The molecular weight excluding hydrogens is 257 g/mol. The van der Waals surface area contributed by atoms with Crippen LogP contribution in [0.25, 0.3) is 0 Å². The number of hydrogen-bond donors (Lipinski definition) is 2. The second-order valence-corrected chi connectivity index (χ2v) is 5.29. The lowest BCUT2D eigenvalue weighted by molar-refractivity contribution is 0.134. The van der Waals surface area contributed by atoms with Crippen molar-refractivity contribution in [3.63, 3.8) is 0 Å². The summed E-state index contributed by atoms with van der Waals surface area (Å²) < 4.78 is 13.6. The molecule has 4 nitrogen and oxygen atoms in total. The number of likely N-dealkylation sites (N-methyl/N-ethyl adjacent to an activating group) is 1. The SMILES string of the molecule is CCN(C(=O)Nc1ccccc1F)C1(CN)CCCC1. The molecule has 2 rings (SSSR count).